The molecular formula is C19H25FN2. The molecule has 0 spiro atoms. The predicted molar refractivity (Wildman–Crippen MR) is 87.0 cm³/mol. The standard InChI is InChI=1S/C19H25FN2/c20-19-4-2-1-3-17(19)13-21-7-9-22(10-8-21)14-18-12-15-5-6-16(18)11-15/h1-6,15-16,18H,7-14H2/t15-,16-,18-/m1/s1. The number of hydrogen-bond donors (Lipinski definition) is 0. The summed E-state index contributed by atoms with van der Waals surface area (Å²) in [4.78, 5) is 5.01. The molecule has 0 amide bonds. The zero-order valence-corrected chi connectivity index (χ0v) is 13.1. The summed E-state index contributed by atoms with van der Waals surface area (Å²) in [7, 11) is 0. The van der Waals surface area contributed by atoms with E-state index in [-0.39, 0.29) is 5.82 Å². The van der Waals surface area contributed by atoms with E-state index in [4.69, 9.17) is 0 Å². The molecule has 0 unspecified atom stereocenters. The number of nitrogens with zero attached hydrogens (tertiary/aromatic N) is 2. The highest BCUT2D eigenvalue weighted by molar-refractivity contribution is 5.17. The van der Waals surface area contributed by atoms with E-state index in [1.807, 2.05) is 12.1 Å². The molecule has 1 aromatic rings. The van der Waals surface area contributed by atoms with Gasteiger partial charge in [0, 0.05) is 44.8 Å². The van der Waals surface area contributed by atoms with E-state index in [2.05, 4.69) is 22.0 Å². The molecule has 2 bridgehead atoms. The lowest BCUT2D eigenvalue weighted by Crippen LogP contribution is -2.47. The lowest BCUT2D eigenvalue weighted by Gasteiger charge is -2.37. The van der Waals surface area contributed by atoms with Crippen LogP contribution < -0.4 is 0 Å². The van der Waals surface area contributed by atoms with Crippen LogP contribution in [0.1, 0.15) is 18.4 Å². The molecule has 22 heavy (non-hydrogen) atoms. The molecule has 3 atom stereocenters. The van der Waals surface area contributed by atoms with Gasteiger partial charge < -0.3 is 4.90 Å². The fourth-order valence-corrected chi connectivity index (χ4v) is 4.43. The Kier molecular flexibility index (Phi) is 4.01. The van der Waals surface area contributed by atoms with Gasteiger partial charge in [0.15, 0.2) is 0 Å². The van der Waals surface area contributed by atoms with Crippen molar-refractivity contribution in [3.63, 3.8) is 0 Å². The molecule has 2 aliphatic carbocycles. The van der Waals surface area contributed by atoms with Crippen molar-refractivity contribution in [2.75, 3.05) is 32.7 Å². The van der Waals surface area contributed by atoms with Gasteiger partial charge in [0.2, 0.25) is 0 Å². The van der Waals surface area contributed by atoms with E-state index in [1.165, 1.54) is 19.4 Å². The number of allylic oxidation sites excluding steroid dienone is 2. The van der Waals surface area contributed by atoms with Gasteiger partial charge in [-0.1, -0.05) is 30.4 Å². The maximum absolute atomic E-state index is 13.7. The van der Waals surface area contributed by atoms with Crippen molar-refractivity contribution in [3.8, 4) is 0 Å². The molecule has 3 heteroatoms. The first-order valence-corrected chi connectivity index (χ1v) is 8.64. The molecule has 0 N–H and O–H groups in total. The minimum absolute atomic E-state index is 0.0707. The summed E-state index contributed by atoms with van der Waals surface area (Å²) in [6.45, 7) is 6.39. The normalized spacial score (nSPS) is 32.0. The van der Waals surface area contributed by atoms with Crippen molar-refractivity contribution < 1.29 is 4.39 Å². The average Bonchev–Trinajstić information content (AvgIpc) is 3.14. The Labute approximate surface area is 132 Å². The van der Waals surface area contributed by atoms with E-state index in [9.17, 15) is 4.39 Å². The van der Waals surface area contributed by atoms with Gasteiger partial charge in [0.1, 0.15) is 5.82 Å². The van der Waals surface area contributed by atoms with Crippen LogP contribution in [0.3, 0.4) is 0 Å². The van der Waals surface area contributed by atoms with Crippen LogP contribution in [0.2, 0.25) is 0 Å². The quantitative estimate of drug-likeness (QED) is 0.788. The number of benzene rings is 1. The monoisotopic (exact) mass is 300 g/mol. The minimum atomic E-state index is -0.0707. The number of halogens is 1. The number of rotatable bonds is 4. The molecule has 0 aromatic heterocycles. The van der Waals surface area contributed by atoms with Gasteiger partial charge in [0.05, 0.1) is 0 Å². The van der Waals surface area contributed by atoms with Crippen molar-refractivity contribution in [2.24, 2.45) is 17.8 Å². The summed E-state index contributed by atoms with van der Waals surface area (Å²) in [5, 5.41) is 0. The molecule has 118 valence electrons. The maximum atomic E-state index is 13.7. The van der Waals surface area contributed by atoms with E-state index < -0.39 is 0 Å². The molecule has 2 nitrogen and oxygen atoms in total. The van der Waals surface area contributed by atoms with Crippen LogP contribution >= 0.6 is 0 Å². The highest BCUT2D eigenvalue weighted by Gasteiger charge is 2.36. The molecule has 1 aromatic carbocycles. The smallest absolute Gasteiger partial charge is 0.127 e. The zero-order valence-electron chi connectivity index (χ0n) is 13.1. The largest absolute Gasteiger partial charge is 0.300 e. The molecule has 3 aliphatic rings. The van der Waals surface area contributed by atoms with Gasteiger partial charge in [-0.25, -0.2) is 4.39 Å². The summed E-state index contributed by atoms with van der Waals surface area (Å²) >= 11 is 0. The van der Waals surface area contributed by atoms with Gasteiger partial charge >= 0.3 is 0 Å². The van der Waals surface area contributed by atoms with Crippen LogP contribution in [0, 0.1) is 23.6 Å². The van der Waals surface area contributed by atoms with Crippen molar-refractivity contribution >= 4 is 0 Å². The Morgan fingerprint density at radius 2 is 1.73 bits per heavy atom. The summed E-state index contributed by atoms with van der Waals surface area (Å²) in [6.07, 6.45) is 7.68. The Morgan fingerprint density at radius 3 is 2.41 bits per heavy atom. The second kappa shape index (κ2) is 6.13. The van der Waals surface area contributed by atoms with Crippen LogP contribution in [-0.2, 0) is 6.54 Å². The molecule has 1 saturated carbocycles. The first kappa shape index (κ1) is 14.4. The Morgan fingerprint density at radius 1 is 0.955 bits per heavy atom. The third kappa shape index (κ3) is 2.97. The number of fused-ring (bicyclic) bond motifs is 2. The highest BCUT2D eigenvalue weighted by Crippen LogP contribution is 2.43. The first-order chi connectivity index (χ1) is 10.8. The van der Waals surface area contributed by atoms with Crippen LogP contribution in [0.25, 0.3) is 0 Å². The lowest BCUT2D eigenvalue weighted by atomic mass is 9.93. The van der Waals surface area contributed by atoms with Crippen molar-refractivity contribution in [3.05, 3.63) is 47.8 Å². The molecule has 4 rings (SSSR count). The molecule has 1 aliphatic heterocycles. The zero-order chi connectivity index (χ0) is 14.9. The summed E-state index contributed by atoms with van der Waals surface area (Å²) < 4.78 is 13.7. The topological polar surface area (TPSA) is 6.48 Å². The van der Waals surface area contributed by atoms with E-state index >= 15 is 0 Å². The van der Waals surface area contributed by atoms with Crippen LogP contribution in [0.15, 0.2) is 36.4 Å². The molecule has 1 heterocycles. The summed E-state index contributed by atoms with van der Waals surface area (Å²) in [6, 6.07) is 7.16. The molecular weight excluding hydrogens is 275 g/mol. The predicted octanol–water partition coefficient (Wildman–Crippen LogP) is 3.16. The Balaban J connectivity index is 1.26. The van der Waals surface area contributed by atoms with Gasteiger partial charge in [0.25, 0.3) is 0 Å². The van der Waals surface area contributed by atoms with Crippen LogP contribution in [-0.4, -0.2) is 42.5 Å². The fourth-order valence-electron chi connectivity index (χ4n) is 4.43. The van der Waals surface area contributed by atoms with Gasteiger partial charge in [-0.05, 0) is 36.7 Å². The van der Waals surface area contributed by atoms with Crippen LogP contribution in [0.5, 0.6) is 0 Å². The van der Waals surface area contributed by atoms with E-state index in [1.54, 1.807) is 12.1 Å². The van der Waals surface area contributed by atoms with Gasteiger partial charge in [-0.2, -0.15) is 0 Å². The Hall–Kier alpha value is -1.19. The SMILES string of the molecule is Fc1ccccc1CN1CCN(C[C@H]2C[C@@H]3C=C[C@@H]2C3)CC1. The number of piperazine rings is 1. The third-order valence-electron chi connectivity index (χ3n) is 5.73. The van der Waals surface area contributed by atoms with Gasteiger partial charge in [-0.3, -0.25) is 4.90 Å². The van der Waals surface area contributed by atoms with Crippen molar-refractivity contribution in [1.29, 1.82) is 0 Å². The lowest BCUT2D eigenvalue weighted by molar-refractivity contribution is 0.108. The van der Waals surface area contributed by atoms with Gasteiger partial charge in [-0.15, -0.1) is 0 Å². The average molecular weight is 300 g/mol. The second-order valence-electron chi connectivity index (χ2n) is 7.21. The highest BCUT2D eigenvalue weighted by atomic mass is 19.1. The first-order valence-electron chi connectivity index (χ1n) is 8.64. The Bertz CT molecular complexity index is 548. The summed E-state index contributed by atoms with van der Waals surface area (Å²) in [5.74, 6) is 2.53. The minimum Gasteiger partial charge on any atom is -0.300 e. The van der Waals surface area contributed by atoms with Crippen molar-refractivity contribution in [1.82, 2.24) is 9.80 Å². The fraction of sp³-hybridized carbons (Fsp3) is 0.579. The molecule has 1 saturated heterocycles. The second-order valence-corrected chi connectivity index (χ2v) is 7.21. The van der Waals surface area contributed by atoms with E-state index in [0.717, 1.165) is 56.0 Å². The maximum Gasteiger partial charge on any atom is 0.127 e. The third-order valence-corrected chi connectivity index (χ3v) is 5.73. The van der Waals surface area contributed by atoms with E-state index in [0.29, 0.717) is 0 Å². The molecule has 0 radical (unpaired) electrons. The molecule has 2 fully saturated rings. The van der Waals surface area contributed by atoms with Crippen molar-refractivity contribution in [2.45, 2.75) is 19.4 Å². The van der Waals surface area contributed by atoms with Crippen LogP contribution in [0.4, 0.5) is 4.39 Å². The summed E-state index contributed by atoms with van der Waals surface area (Å²) in [5.41, 5.74) is 0.828. The number of hydrogen-bond acceptors (Lipinski definition) is 2.